The maximum atomic E-state index is 11.9. The molecule has 0 saturated heterocycles. The number of nitrogen functional groups attached to an aromatic ring is 1. The summed E-state index contributed by atoms with van der Waals surface area (Å²) in [7, 11) is 0. The van der Waals surface area contributed by atoms with E-state index in [0.717, 1.165) is 0 Å². The van der Waals surface area contributed by atoms with Crippen LogP contribution in [0.25, 0.3) is 0 Å². The van der Waals surface area contributed by atoms with Gasteiger partial charge in [0.25, 0.3) is 5.56 Å². The van der Waals surface area contributed by atoms with Crippen LogP contribution in [0.4, 0.5) is 11.5 Å². The van der Waals surface area contributed by atoms with E-state index in [4.69, 9.17) is 5.73 Å². The highest BCUT2D eigenvalue weighted by molar-refractivity contribution is 5.61. The summed E-state index contributed by atoms with van der Waals surface area (Å²) >= 11 is 0. The summed E-state index contributed by atoms with van der Waals surface area (Å²) in [5, 5.41) is 12.3. The van der Waals surface area contributed by atoms with Crippen molar-refractivity contribution in [2.45, 2.75) is 40.3 Å². The molecule has 1 rings (SSSR count). The van der Waals surface area contributed by atoms with E-state index in [1.807, 2.05) is 27.7 Å². The third-order valence-corrected chi connectivity index (χ3v) is 3.12. The highest BCUT2D eigenvalue weighted by Gasteiger charge is 2.18. The molecule has 0 aromatic carbocycles. The standard InChI is InChI=1S/C13H24N4O3/c1-7(2)5-17-11(14)10(12(19)16-13(17)20)15-9(6-18)8(3)4/h7-9,15,18H,5-6,14H2,1-4H3,(H,16,19,20)/t9-/m1/s1. The first-order valence-corrected chi connectivity index (χ1v) is 6.77. The monoisotopic (exact) mass is 284 g/mol. The number of aromatic nitrogens is 2. The average molecular weight is 284 g/mol. The number of hydrogen-bond donors (Lipinski definition) is 4. The molecule has 114 valence electrons. The highest BCUT2D eigenvalue weighted by atomic mass is 16.3. The zero-order valence-corrected chi connectivity index (χ0v) is 12.4. The van der Waals surface area contributed by atoms with Gasteiger partial charge in [0.15, 0.2) is 0 Å². The molecule has 7 heteroatoms. The first-order chi connectivity index (χ1) is 9.27. The normalized spacial score (nSPS) is 12.9. The fourth-order valence-corrected chi connectivity index (χ4v) is 1.88. The zero-order chi connectivity index (χ0) is 15.4. The number of hydrogen-bond acceptors (Lipinski definition) is 5. The predicted molar refractivity (Wildman–Crippen MR) is 79.9 cm³/mol. The van der Waals surface area contributed by atoms with Crippen LogP contribution >= 0.6 is 0 Å². The Balaban J connectivity index is 3.26. The van der Waals surface area contributed by atoms with Gasteiger partial charge in [0, 0.05) is 6.54 Å². The third-order valence-electron chi connectivity index (χ3n) is 3.12. The van der Waals surface area contributed by atoms with Gasteiger partial charge in [0.2, 0.25) is 0 Å². The first-order valence-electron chi connectivity index (χ1n) is 6.77. The molecule has 0 aliphatic rings. The minimum atomic E-state index is -0.563. The number of nitrogens with one attached hydrogen (secondary N) is 2. The summed E-state index contributed by atoms with van der Waals surface area (Å²) in [5.41, 5.74) is 4.99. The van der Waals surface area contributed by atoms with Crippen molar-refractivity contribution < 1.29 is 5.11 Å². The van der Waals surface area contributed by atoms with Gasteiger partial charge in [-0.1, -0.05) is 27.7 Å². The lowest BCUT2D eigenvalue weighted by Crippen LogP contribution is -2.38. The van der Waals surface area contributed by atoms with Crippen molar-refractivity contribution >= 4 is 11.5 Å². The number of anilines is 2. The molecule has 1 atom stereocenters. The second kappa shape index (κ2) is 6.60. The van der Waals surface area contributed by atoms with E-state index in [9.17, 15) is 14.7 Å². The molecule has 0 bridgehead atoms. The van der Waals surface area contributed by atoms with E-state index < -0.39 is 11.2 Å². The molecule has 0 saturated carbocycles. The lowest BCUT2D eigenvalue weighted by atomic mass is 10.1. The molecule has 0 amide bonds. The van der Waals surface area contributed by atoms with Gasteiger partial charge in [-0.3, -0.25) is 14.3 Å². The van der Waals surface area contributed by atoms with Crippen molar-refractivity contribution in [2.75, 3.05) is 17.7 Å². The van der Waals surface area contributed by atoms with Crippen LogP contribution in [0.3, 0.4) is 0 Å². The maximum absolute atomic E-state index is 11.9. The van der Waals surface area contributed by atoms with Crippen molar-refractivity contribution in [3.63, 3.8) is 0 Å². The number of aromatic amines is 1. The molecule has 1 aromatic rings. The van der Waals surface area contributed by atoms with E-state index in [0.29, 0.717) is 6.54 Å². The molecular weight excluding hydrogens is 260 g/mol. The third kappa shape index (κ3) is 3.63. The van der Waals surface area contributed by atoms with Gasteiger partial charge in [-0.05, 0) is 11.8 Å². The zero-order valence-electron chi connectivity index (χ0n) is 12.4. The SMILES string of the molecule is CC(C)Cn1c(N)c(N[C@H](CO)C(C)C)c(=O)[nH]c1=O. The second-order valence-electron chi connectivity index (χ2n) is 5.70. The van der Waals surface area contributed by atoms with Crippen molar-refractivity contribution in [2.24, 2.45) is 11.8 Å². The fourth-order valence-electron chi connectivity index (χ4n) is 1.88. The maximum Gasteiger partial charge on any atom is 0.330 e. The van der Waals surface area contributed by atoms with Crippen molar-refractivity contribution in [1.82, 2.24) is 9.55 Å². The van der Waals surface area contributed by atoms with Crippen LogP contribution in [-0.4, -0.2) is 27.3 Å². The number of rotatable bonds is 6. The quantitative estimate of drug-likeness (QED) is 0.596. The van der Waals surface area contributed by atoms with Crippen LogP contribution in [0.1, 0.15) is 27.7 Å². The summed E-state index contributed by atoms with van der Waals surface area (Å²) in [5.74, 6) is 0.434. The van der Waals surface area contributed by atoms with Gasteiger partial charge in [-0.15, -0.1) is 0 Å². The fraction of sp³-hybridized carbons (Fsp3) is 0.692. The molecule has 20 heavy (non-hydrogen) atoms. The van der Waals surface area contributed by atoms with Crippen LogP contribution in [-0.2, 0) is 6.54 Å². The summed E-state index contributed by atoms with van der Waals surface area (Å²) in [4.78, 5) is 25.9. The smallest absolute Gasteiger partial charge is 0.330 e. The lowest BCUT2D eigenvalue weighted by Gasteiger charge is -2.22. The van der Waals surface area contributed by atoms with Gasteiger partial charge in [0.05, 0.1) is 12.6 Å². The van der Waals surface area contributed by atoms with Gasteiger partial charge in [0.1, 0.15) is 11.5 Å². The number of nitrogens with zero attached hydrogens (tertiary/aromatic N) is 1. The Morgan fingerprint density at radius 2 is 1.90 bits per heavy atom. The minimum Gasteiger partial charge on any atom is -0.394 e. The Bertz CT molecular complexity index is 560. The van der Waals surface area contributed by atoms with Crippen molar-refractivity contribution in [3.8, 4) is 0 Å². The van der Waals surface area contributed by atoms with Gasteiger partial charge in [-0.25, -0.2) is 4.79 Å². The lowest BCUT2D eigenvalue weighted by molar-refractivity contribution is 0.249. The van der Waals surface area contributed by atoms with Crippen LogP contribution in [0.15, 0.2) is 9.59 Å². The number of H-pyrrole nitrogens is 1. The minimum absolute atomic E-state index is 0.103. The van der Waals surface area contributed by atoms with Gasteiger partial charge in [-0.2, -0.15) is 0 Å². The van der Waals surface area contributed by atoms with Gasteiger partial charge >= 0.3 is 5.69 Å². The van der Waals surface area contributed by atoms with Crippen LogP contribution < -0.4 is 22.3 Å². The van der Waals surface area contributed by atoms with Crippen LogP contribution in [0.5, 0.6) is 0 Å². The summed E-state index contributed by atoms with van der Waals surface area (Å²) in [6.07, 6.45) is 0. The Morgan fingerprint density at radius 1 is 1.30 bits per heavy atom. The molecule has 0 fully saturated rings. The number of aliphatic hydroxyl groups is 1. The molecule has 0 unspecified atom stereocenters. The van der Waals surface area contributed by atoms with Crippen LogP contribution in [0.2, 0.25) is 0 Å². The Kier molecular flexibility index (Phi) is 5.38. The molecule has 0 aliphatic carbocycles. The molecule has 1 aromatic heterocycles. The van der Waals surface area contributed by atoms with E-state index in [-0.39, 0.29) is 36.0 Å². The summed E-state index contributed by atoms with van der Waals surface area (Å²) in [6, 6.07) is -0.302. The average Bonchev–Trinajstić information content (AvgIpc) is 2.33. The predicted octanol–water partition coefficient (Wildman–Crippen LogP) is 0.204. The molecular formula is C13H24N4O3. The Morgan fingerprint density at radius 3 is 2.35 bits per heavy atom. The number of nitrogens with two attached hydrogens (primary N) is 1. The first kappa shape index (κ1) is 16.3. The Labute approximate surface area is 117 Å². The summed E-state index contributed by atoms with van der Waals surface area (Å²) < 4.78 is 1.34. The molecule has 0 radical (unpaired) electrons. The molecule has 0 spiro atoms. The second-order valence-corrected chi connectivity index (χ2v) is 5.70. The number of aliphatic hydroxyl groups excluding tert-OH is 1. The topological polar surface area (TPSA) is 113 Å². The highest BCUT2D eigenvalue weighted by Crippen LogP contribution is 2.15. The van der Waals surface area contributed by atoms with E-state index in [2.05, 4.69) is 10.3 Å². The van der Waals surface area contributed by atoms with Gasteiger partial charge < -0.3 is 16.2 Å². The molecule has 5 N–H and O–H groups in total. The largest absolute Gasteiger partial charge is 0.394 e. The Hall–Kier alpha value is -1.76. The molecule has 1 heterocycles. The van der Waals surface area contributed by atoms with E-state index >= 15 is 0 Å². The summed E-state index contributed by atoms with van der Waals surface area (Å²) in [6.45, 7) is 8.04. The van der Waals surface area contributed by atoms with Crippen LogP contribution in [0, 0.1) is 11.8 Å². The molecule has 0 aliphatic heterocycles. The molecule has 7 nitrogen and oxygen atoms in total. The van der Waals surface area contributed by atoms with E-state index in [1.54, 1.807) is 0 Å². The van der Waals surface area contributed by atoms with Crippen molar-refractivity contribution in [1.29, 1.82) is 0 Å². The van der Waals surface area contributed by atoms with E-state index in [1.165, 1.54) is 4.57 Å². The van der Waals surface area contributed by atoms with Crippen molar-refractivity contribution in [3.05, 3.63) is 20.8 Å².